The van der Waals surface area contributed by atoms with Crippen LogP contribution in [0.15, 0.2) is 53.0 Å². The number of nitrogens with one attached hydrogen (secondary N) is 1. The van der Waals surface area contributed by atoms with Gasteiger partial charge in [-0.2, -0.15) is 0 Å². The van der Waals surface area contributed by atoms with Crippen molar-refractivity contribution in [3.63, 3.8) is 0 Å². The summed E-state index contributed by atoms with van der Waals surface area (Å²) in [5.41, 5.74) is 1.98. The van der Waals surface area contributed by atoms with E-state index in [2.05, 4.69) is 47.2 Å². The van der Waals surface area contributed by atoms with Crippen molar-refractivity contribution in [2.45, 2.75) is 38.8 Å². The molecule has 2 atom stereocenters. The van der Waals surface area contributed by atoms with E-state index in [9.17, 15) is 4.39 Å². The molecule has 0 aliphatic heterocycles. The van der Waals surface area contributed by atoms with Crippen LogP contribution in [0.2, 0.25) is 0 Å². The number of benzene rings is 2. The molecule has 2 aromatic carbocycles. The highest BCUT2D eigenvalue weighted by Crippen LogP contribution is 2.26. The predicted molar refractivity (Wildman–Crippen MR) is 89.7 cm³/mol. The van der Waals surface area contributed by atoms with E-state index in [1.165, 1.54) is 11.6 Å². The van der Waals surface area contributed by atoms with Gasteiger partial charge in [0.1, 0.15) is 5.82 Å². The minimum atomic E-state index is -0.137. The Kier molecular flexibility index (Phi) is 5.95. The van der Waals surface area contributed by atoms with Crippen molar-refractivity contribution in [1.82, 2.24) is 5.32 Å². The summed E-state index contributed by atoms with van der Waals surface area (Å²) in [5.74, 6) is -0.137. The first-order chi connectivity index (χ1) is 10.2. The van der Waals surface area contributed by atoms with Gasteiger partial charge in [-0.25, -0.2) is 4.39 Å². The van der Waals surface area contributed by atoms with Crippen LogP contribution in [0.1, 0.15) is 49.9 Å². The lowest BCUT2D eigenvalue weighted by molar-refractivity contribution is 0.413. The maximum atomic E-state index is 14.0. The number of hydrogen-bond donors (Lipinski definition) is 1. The summed E-state index contributed by atoms with van der Waals surface area (Å²) >= 11 is 3.46. The van der Waals surface area contributed by atoms with E-state index in [0.29, 0.717) is 0 Å². The molecule has 2 unspecified atom stereocenters. The molecule has 0 saturated carbocycles. The molecular weight excluding hydrogens is 329 g/mol. The molecule has 0 aromatic heterocycles. The molecule has 3 heteroatoms. The average Bonchev–Trinajstić information content (AvgIpc) is 2.51. The number of rotatable bonds is 6. The minimum Gasteiger partial charge on any atom is -0.303 e. The Balaban J connectivity index is 2.19. The molecule has 0 spiro atoms. The highest BCUT2D eigenvalue weighted by molar-refractivity contribution is 9.10. The molecule has 0 bridgehead atoms. The normalized spacial score (nSPS) is 13.9. The first-order valence-corrected chi connectivity index (χ1v) is 8.21. The Morgan fingerprint density at radius 3 is 2.14 bits per heavy atom. The van der Waals surface area contributed by atoms with Crippen LogP contribution in [-0.4, -0.2) is 0 Å². The van der Waals surface area contributed by atoms with Crippen LogP contribution >= 0.6 is 15.9 Å². The first-order valence-electron chi connectivity index (χ1n) is 7.41. The number of halogens is 2. The maximum Gasteiger partial charge on any atom is 0.127 e. The van der Waals surface area contributed by atoms with E-state index in [4.69, 9.17) is 0 Å². The Hall–Kier alpha value is -1.19. The highest BCUT2D eigenvalue weighted by atomic mass is 79.9. The van der Waals surface area contributed by atoms with Crippen molar-refractivity contribution < 1.29 is 4.39 Å². The molecule has 1 nitrogen and oxygen atoms in total. The summed E-state index contributed by atoms with van der Waals surface area (Å²) in [5, 5.41) is 3.59. The van der Waals surface area contributed by atoms with Crippen molar-refractivity contribution in [2.75, 3.05) is 0 Å². The Bertz CT molecular complexity index is 568. The topological polar surface area (TPSA) is 12.0 Å². The first kappa shape index (κ1) is 16.2. The van der Waals surface area contributed by atoms with Gasteiger partial charge in [0.25, 0.3) is 0 Å². The van der Waals surface area contributed by atoms with E-state index in [0.717, 1.165) is 22.9 Å². The van der Waals surface area contributed by atoms with Gasteiger partial charge >= 0.3 is 0 Å². The summed E-state index contributed by atoms with van der Waals surface area (Å²) < 4.78 is 15.1. The molecule has 0 fully saturated rings. The van der Waals surface area contributed by atoms with Crippen LogP contribution in [0.4, 0.5) is 4.39 Å². The molecule has 2 rings (SSSR count). The van der Waals surface area contributed by atoms with Crippen LogP contribution in [0.5, 0.6) is 0 Å². The van der Waals surface area contributed by atoms with Gasteiger partial charge in [0, 0.05) is 22.1 Å². The summed E-state index contributed by atoms with van der Waals surface area (Å²) in [7, 11) is 0. The van der Waals surface area contributed by atoms with Gasteiger partial charge < -0.3 is 5.32 Å². The molecule has 0 heterocycles. The largest absolute Gasteiger partial charge is 0.303 e. The lowest BCUT2D eigenvalue weighted by Gasteiger charge is -2.25. The molecule has 2 aromatic rings. The van der Waals surface area contributed by atoms with Crippen LogP contribution in [-0.2, 0) is 0 Å². The fourth-order valence-corrected chi connectivity index (χ4v) is 2.84. The third-order valence-corrected chi connectivity index (χ3v) is 4.30. The molecule has 0 amide bonds. The molecule has 21 heavy (non-hydrogen) atoms. The van der Waals surface area contributed by atoms with E-state index < -0.39 is 0 Å². The molecule has 112 valence electrons. The van der Waals surface area contributed by atoms with Gasteiger partial charge in [-0.05, 0) is 36.6 Å². The van der Waals surface area contributed by atoms with E-state index in [-0.39, 0.29) is 17.9 Å². The van der Waals surface area contributed by atoms with Gasteiger partial charge in [0.15, 0.2) is 0 Å². The van der Waals surface area contributed by atoms with Gasteiger partial charge in [-0.3, -0.25) is 0 Å². The van der Waals surface area contributed by atoms with E-state index in [1.54, 1.807) is 6.07 Å². The van der Waals surface area contributed by atoms with Gasteiger partial charge in [-0.1, -0.05) is 60.1 Å². The van der Waals surface area contributed by atoms with Crippen LogP contribution in [0.3, 0.4) is 0 Å². The third kappa shape index (κ3) is 4.14. The van der Waals surface area contributed by atoms with Crippen LogP contribution in [0.25, 0.3) is 0 Å². The second kappa shape index (κ2) is 7.71. The smallest absolute Gasteiger partial charge is 0.127 e. The second-order valence-corrected chi connectivity index (χ2v) is 6.08. The molecular formula is C18H21BrFN. The quantitative estimate of drug-likeness (QED) is 0.696. The monoisotopic (exact) mass is 349 g/mol. The zero-order valence-corrected chi connectivity index (χ0v) is 14.0. The Labute approximate surface area is 134 Å². The van der Waals surface area contributed by atoms with Gasteiger partial charge in [-0.15, -0.1) is 0 Å². The van der Waals surface area contributed by atoms with Gasteiger partial charge in [0.2, 0.25) is 0 Å². The van der Waals surface area contributed by atoms with Crippen molar-refractivity contribution >= 4 is 15.9 Å². The Morgan fingerprint density at radius 1 is 0.952 bits per heavy atom. The fourth-order valence-electron chi connectivity index (χ4n) is 2.57. The SMILES string of the molecule is CCC(NC(CC)c1ccccc1F)c1ccc(Br)cc1. The summed E-state index contributed by atoms with van der Waals surface area (Å²) in [6.07, 6.45) is 1.82. The van der Waals surface area contributed by atoms with Crippen molar-refractivity contribution in [3.8, 4) is 0 Å². The lowest BCUT2D eigenvalue weighted by Crippen LogP contribution is -2.26. The van der Waals surface area contributed by atoms with E-state index in [1.807, 2.05) is 24.3 Å². The molecule has 1 N–H and O–H groups in total. The third-order valence-electron chi connectivity index (χ3n) is 3.77. The van der Waals surface area contributed by atoms with Crippen LogP contribution in [0, 0.1) is 5.82 Å². The van der Waals surface area contributed by atoms with Crippen molar-refractivity contribution in [1.29, 1.82) is 0 Å². The average molecular weight is 350 g/mol. The lowest BCUT2D eigenvalue weighted by atomic mass is 9.99. The van der Waals surface area contributed by atoms with Gasteiger partial charge in [0.05, 0.1) is 0 Å². The summed E-state index contributed by atoms with van der Waals surface area (Å²) in [6, 6.07) is 15.6. The van der Waals surface area contributed by atoms with Crippen LogP contribution < -0.4 is 5.32 Å². The summed E-state index contributed by atoms with van der Waals surface area (Å²) in [4.78, 5) is 0. The van der Waals surface area contributed by atoms with Crippen molar-refractivity contribution in [3.05, 3.63) is 69.9 Å². The maximum absolute atomic E-state index is 14.0. The standard InChI is InChI=1S/C18H21BrFN/c1-3-17(13-9-11-14(19)12-10-13)21-18(4-2)15-7-5-6-8-16(15)20/h5-12,17-18,21H,3-4H2,1-2H3. The summed E-state index contributed by atoms with van der Waals surface area (Å²) in [6.45, 7) is 4.23. The zero-order valence-electron chi connectivity index (χ0n) is 12.4. The molecule has 0 aliphatic carbocycles. The molecule has 0 aliphatic rings. The molecule has 0 saturated heterocycles. The zero-order chi connectivity index (χ0) is 15.2. The van der Waals surface area contributed by atoms with E-state index >= 15 is 0 Å². The minimum absolute atomic E-state index is 0.0276. The predicted octanol–water partition coefficient (Wildman–Crippen LogP) is 5.78. The highest BCUT2D eigenvalue weighted by Gasteiger charge is 2.18. The fraction of sp³-hybridized carbons (Fsp3) is 0.333. The number of hydrogen-bond acceptors (Lipinski definition) is 1. The Morgan fingerprint density at radius 2 is 1.57 bits per heavy atom. The second-order valence-electron chi connectivity index (χ2n) is 5.16. The molecule has 0 radical (unpaired) electrons. The van der Waals surface area contributed by atoms with Crippen molar-refractivity contribution in [2.24, 2.45) is 0 Å².